The van der Waals surface area contributed by atoms with Crippen LogP contribution >= 0.6 is 11.3 Å². The van der Waals surface area contributed by atoms with Crippen molar-refractivity contribution in [3.8, 4) is 17.0 Å². The molecule has 0 aliphatic rings. The molecule has 0 atom stereocenters. The number of nitrogens with zero attached hydrogens (tertiary/aromatic N) is 1. The average molecular weight is 460 g/mol. The molecule has 1 aromatic heterocycles. The number of nitrogens with one attached hydrogen (secondary N) is 2. The SMILES string of the molecule is CCCCNS(=O)(=O)c1ccc(OCC(=O)Nc2cccc(-c3csc(C)n3)c2)cc1. The van der Waals surface area contributed by atoms with Gasteiger partial charge in [-0.1, -0.05) is 25.5 Å². The van der Waals surface area contributed by atoms with Gasteiger partial charge < -0.3 is 10.1 Å². The van der Waals surface area contributed by atoms with Gasteiger partial charge in [-0.05, 0) is 49.7 Å². The maximum Gasteiger partial charge on any atom is 0.262 e. The third-order valence-electron chi connectivity index (χ3n) is 4.39. The predicted molar refractivity (Wildman–Crippen MR) is 123 cm³/mol. The highest BCUT2D eigenvalue weighted by Crippen LogP contribution is 2.24. The summed E-state index contributed by atoms with van der Waals surface area (Å²) in [5.74, 6) is 0.0962. The molecule has 3 aromatic rings. The highest BCUT2D eigenvalue weighted by atomic mass is 32.2. The van der Waals surface area contributed by atoms with E-state index in [1.807, 2.05) is 37.4 Å². The van der Waals surface area contributed by atoms with Gasteiger partial charge in [-0.3, -0.25) is 4.79 Å². The molecule has 1 amide bonds. The molecule has 3 rings (SSSR count). The molecule has 7 nitrogen and oxygen atoms in total. The summed E-state index contributed by atoms with van der Waals surface area (Å²) in [6.45, 7) is 4.15. The number of hydrogen-bond donors (Lipinski definition) is 2. The Labute approximate surface area is 186 Å². The fourth-order valence-corrected chi connectivity index (χ4v) is 4.48. The van der Waals surface area contributed by atoms with Gasteiger partial charge in [0.2, 0.25) is 10.0 Å². The van der Waals surface area contributed by atoms with Gasteiger partial charge in [0.1, 0.15) is 5.75 Å². The number of aromatic nitrogens is 1. The lowest BCUT2D eigenvalue weighted by Crippen LogP contribution is -2.24. The maximum absolute atomic E-state index is 12.3. The third kappa shape index (κ3) is 6.61. The van der Waals surface area contributed by atoms with Crippen molar-refractivity contribution in [3.63, 3.8) is 0 Å². The Bertz CT molecular complexity index is 1130. The fourth-order valence-electron chi connectivity index (χ4n) is 2.78. The first-order valence-electron chi connectivity index (χ1n) is 9.92. The number of carbonyl (C=O) groups excluding carboxylic acids is 1. The van der Waals surface area contributed by atoms with E-state index in [-0.39, 0.29) is 17.4 Å². The Kier molecular flexibility index (Phi) is 7.78. The van der Waals surface area contributed by atoms with Crippen LogP contribution in [0.4, 0.5) is 5.69 Å². The summed E-state index contributed by atoms with van der Waals surface area (Å²) in [5, 5.41) is 5.75. The van der Waals surface area contributed by atoms with Crippen LogP contribution in [0.15, 0.2) is 58.8 Å². The smallest absolute Gasteiger partial charge is 0.262 e. The zero-order valence-electron chi connectivity index (χ0n) is 17.4. The molecule has 0 fully saturated rings. The van der Waals surface area contributed by atoms with Crippen molar-refractivity contribution in [2.75, 3.05) is 18.5 Å². The highest BCUT2D eigenvalue weighted by Gasteiger charge is 2.13. The van der Waals surface area contributed by atoms with Crippen LogP contribution in [0.1, 0.15) is 24.8 Å². The van der Waals surface area contributed by atoms with Crippen molar-refractivity contribution >= 4 is 33.0 Å². The number of anilines is 1. The van der Waals surface area contributed by atoms with E-state index in [1.54, 1.807) is 17.4 Å². The van der Waals surface area contributed by atoms with Gasteiger partial charge in [0, 0.05) is 23.2 Å². The van der Waals surface area contributed by atoms with Crippen LogP contribution in [0.5, 0.6) is 5.75 Å². The number of sulfonamides is 1. The molecule has 0 radical (unpaired) electrons. The number of ether oxygens (including phenoxy) is 1. The summed E-state index contributed by atoms with van der Waals surface area (Å²) in [6.07, 6.45) is 1.69. The van der Waals surface area contributed by atoms with Gasteiger partial charge in [-0.2, -0.15) is 0 Å². The number of carbonyl (C=O) groups is 1. The van der Waals surface area contributed by atoms with Gasteiger partial charge in [0.25, 0.3) is 5.91 Å². The Morgan fingerprint density at radius 3 is 2.61 bits per heavy atom. The molecule has 1 heterocycles. The van der Waals surface area contributed by atoms with Crippen LogP contribution in [0, 0.1) is 6.92 Å². The second-order valence-corrected chi connectivity index (χ2v) is 9.72. The lowest BCUT2D eigenvalue weighted by atomic mass is 10.1. The highest BCUT2D eigenvalue weighted by molar-refractivity contribution is 7.89. The first-order chi connectivity index (χ1) is 14.9. The summed E-state index contributed by atoms with van der Waals surface area (Å²) < 4.78 is 32.4. The minimum Gasteiger partial charge on any atom is -0.484 e. The van der Waals surface area contributed by atoms with E-state index in [4.69, 9.17) is 4.74 Å². The van der Waals surface area contributed by atoms with Crippen molar-refractivity contribution < 1.29 is 17.9 Å². The largest absolute Gasteiger partial charge is 0.484 e. The summed E-state index contributed by atoms with van der Waals surface area (Å²) in [6, 6.07) is 13.4. The summed E-state index contributed by atoms with van der Waals surface area (Å²) in [5.41, 5.74) is 2.44. The molecule has 2 N–H and O–H groups in total. The number of thiazole rings is 1. The molecule has 2 aromatic carbocycles. The van der Waals surface area contributed by atoms with E-state index in [1.165, 1.54) is 24.3 Å². The summed E-state index contributed by atoms with van der Waals surface area (Å²) >= 11 is 1.57. The molecular weight excluding hydrogens is 434 g/mol. The van der Waals surface area contributed by atoms with Crippen molar-refractivity contribution in [2.45, 2.75) is 31.6 Å². The van der Waals surface area contributed by atoms with Crippen molar-refractivity contribution in [2.24, 2.45) is 0 Å². The van der Waals surface area contributed by atoms with E-state index in [0.717, 1.165) is 29.1 Å². The van der Waals surface area contributed by atoms with Crippen molar-refractivity contribution in [3.05, 3.63) is 58.9 Å². The molecule has 0 aliphatic heterocycles. The van der Waals surface area contributed by atoms with Crippen LogP contribution in [0.25, 0.3) is 11.3 Å². The first kappa shape index (κ1) is 22.9. The molecule has 0 bridgehead atoms. The van der Waals surface area contributed by atoms with E-state index < -0.39 is 10.0 Å². The molecule has 0 aliphatic carbocycles. The van der Waals surface area contributed by atoms with Gasteiger partial charge in [-0.25, -0.2) is 18.1 Å². The molecule has 0 saturated carbocycles. The number of unbranched alkanes of at least 4 members (excludes halogenated alkanes) is 1. The van der Waals surface area contributed by atoms with E-state index in [9.17, 15) is 13.2 Å². The Hall–Kier alpha value is -2.75. The number of rotatable bonds is 10. The third-order valence-corrected chi connectivity index (χ3v) is 6.64. The minimum absolute atomic E-state index is 0.162. The lowest BCUT2D eigenvalue weighted by Gasteiger charge is -2.10. The molecule has 0 saturated heterocycles. The molecule has 0 unspecified atom stereocenters. The Morgan fingerprint density at radius 2 is 1.94 bits per heavy atom. The van der Waals surface area contributed by atoms with Crippen LogP contribution in [-0.4, -0.2) is 32.5 Å². The fraction of sp³-hybridized carbons (Fsp3) is 0.273. The number of amides is 1. The zero-order valence-corrected chi connectivity index (χ0v) is 19.1. The van der Waals surface area contributed by atoms with Crippen LogP contribution in [0.2, 0.25) is 0 Å². The topological polar surface area (TPSA) is 97.4 Å². The van der Waals surface area contributed by atoms with E-state index >= 15 is 0 Å². The number of benzene rings is 2. The van der Waals surface area contributed by atoms with Crippen molar-refractivity contribution in [1.82, 2.24) is 9.71 Å². The van der Waals surface area contributed by atoms with Crippen LogP contribution in [-0.2, 0) is 14.8 Å². The quantitative estimate of drug-likeness (QED) is 0.443. The van der Waals surface area contributed by atoms with Crippen LogP contribution in [0.3, 0.4) is 0 Å². The standard InChI is InChI=1S/C22H25N3O4S2/c1-3-4-12-23-31(27,28)20-10-8-19(9-11-20)29-14-22(26)25-18-7-5-6-17(13-18)21-15-30-16(2)24-21/h5-11,13,15,23H,3-4,12,14H2,1-2H3,(H,25,26). The number of hydrogen-bond acceptors (Lipinski definition) is 6. The van der Waals surface area contributed by atoms with Crippen LogP contribution < -0.4 is 14.8 Å². The van der Waals surface area contributed by atoms with Gasteiger partial charge in [0.15, 0.2) is 6.61 Å². The molecule has 9 heteroatoms. The van der Waals surface area contributed by atoms with Crippen molar-refractivity contribution in [1.29, 1.82) is 0 Å². The van der Waals surface area contributed by atoms with Gasteiger partial charge in [-0.15, -0.1) is 11.3 Å². The van der Waals surface area contributed by atoms with E-state index in [0.29, 0.717) is 18.0 Å². The summed E-state index contributed by atoms with van der Waals surface area (Å²) in [7, 11) is -3.54. The molecule has 0 spiro atoms. The zero-order chi connectivity index (χ0) is 22.3. The number of aryl methyl sites for hydroxylation is 1. The molecular formula is C22H25N3O4S2. The second-order valence-electron chi connectivity index (χ2n) is 6.89. The van der Waals surface area contributed by atoms with Gasteiger partial charge >= 0.3 is 0 Å². The lowest BCUT2D eigenvalue weighted by molar-refractivity contribution is -0.118. The molecule has 164 valence electrons. The van der Waals surface area contributed by atoms with E-state index in [2.05, 4.69) is 15.0 Å². The normalized spacial score (nSPS) is 11.3. The Balaban J connectivity index is 1.54. The minimum atomic E-state index is -3.54. The first-order valence-corrected chi connectivity index (χ1v) is 12.3. The Morgan fingerprint density at radius 1 is 1.16 bits per heavy atom. The van der Waals surface area contributed by atoms with Gasteiger partial charge in [0.05, 0.1) is 15.6 Å². The maximum atomic E-state index is 12.3. The summed E-state index contributed by atoms with van der Waals surface area (Å²) in [4.78, 5) is 16.9. The molecule has 31 heavy (non-hydrogen) atoms. The second kappa shape index (κ2) is 10.5. The predicted octanol–water partition coefficient (Wildman–Crippen LogP) is 4.21. The average Bonchev–Trinajstić information content (AvgIpc) is 3.19. The monoisotopic (exact) mass is 459 g/mol.